The van der Waals surface area contributed by atoms with Gasteiger partial charge in [-0.1, -0.05) is 77.3 Å². The summed E-state index contributed by atoms with van der Waals surface area (Å²) in [6.45, 7) is 8.38. The van der Waals surface area contributed by atoms with E-state index in [0.717, 1.165) is 53.1 Å². The number of rotatable bonds is 5. The van der Waals surface area contributed by atoms with Crippen molar-refractivity contribution >= 4 is 45.6 Å². The van der Waals surface area contributed by atoms with Crippen LogP contribution in [-0.4, -0.2) is 18.1 Å². The Kier molecular flexibility index (Phi) is 9.06. The third-order valence-electron chi connectivity index (χ3n) is 6.55. The number of aryl methyl sites for hydroxylation is 1. The smallest absolute Gasteiger partial charge is 0.147 e. The number of nitriles is 1. The van der Waals surface area contributed by atoms with Gasteiger partial charge in [0.05, 0.1) is 11.2 Å². The Hall–Kier alpha value is -3.52. The summed E-state index contributed by atoms with van der Waals surface area (Å²) in [5.74, 6) is 1.18. The summed E-state index contributed by atoms with van der Waals surface area (Å²) in [6.07, 6.45) is 4.16. The van der Waals surface area contributed by atoms with E-state index in [2.05, 4.69) is 28.9 Å². The number of allylic oxidation sites excluding steroid dienone is 1. The van der Waals surface area contributed by atoms with Gasteiger partial charge in [0.1, 0.15) is 17.5 Å². The molecule has 1 aliphatic heterocycles. The van der Waals surface area contributed by atoms with Gasteiger partial charge in [0, 0.05) is 35.1 Å². The number of halogens is 2. The molecule has 0 unspecified atom stereocenters. The van der Waals surface area contributed by atoms with Crippen LogP contribution in [0.3, 0.4) is 0 Å². The quantitative estimate of drug-likeness (QED) is 0.264. The van der Waals surface area contributed by atoms with E-state index in [1.165, 1.54) is 5.56 Å². The topological polar surface area (TPSA) is 52.0 Å². The van der Waals surface area contributed by atoms with Gasteiger partial charge < -0.3 is 10.2 Å². The Morgan fingerprint density at radius 2 is 1.62 bits per heavy atom. The minimum atomic E-state index is 0.549. The van der Waals surface area contributed by atoms with Crippen LogP contribution in [0.5, 0.6) is 0 Å². The van der Waals surface area contributed by atoms with Gasteiger partial charge in [-0.3, -0.25) is 0 Å². The molecule has 37 heavy (non-hydrogen) atoms. The van der Waals surface area contributed by atoms with Crippen molar-refractivity contribution < 1.29 is 0 Å². The van der Waals surface area contributed by atoms with Crippen LogP contribution >= 0.6 is 23.2 Å². The Morgan fingerprint density at radius 3 is 2.22 bits per heavy atom. The highest BCUT2D eigenvalue weighted by Gasteiger charge is 2.24. The van der Waals surface area contributed by atoms with Crippen molar-refractivity contribution in [2.24, 2.45) is 5.92 Å². The first-order valence-electron chi connectivity index (χ1n) is 12.4. The van der Waals surface area contributed by atoms with Crippen LogP contribution in [0.25, 0.3) is 10.9 Å². The van der Waals surface area contributed by atoms with Gasteiger partial charge in [0.25, 0.3) is 0 Å². The number of hydrogen-bond acceptors (Lipinski definition) is 4. The van der Waals surface area contributed by atoms with E-state index < -0.39 is 0 Å². The maximum atomic E-state index is 10.0. The van der Waals surface area contributed by atoms with E-state index in [1.54, 1.807) is 0 Å². The number of piperidine rings is 1. The lowest BCUT2D eigenvalue weighted by atomic mass is 9.95. The van der Waals surface area contributed by atoms with Crippen molar-refractivity contribution in [1.29, 1.82) is 5.26 Å². The van der Waals surface area contributed by atoms with Crippen LogP contribution in [0.1, 0.15) is 29.5 Å². The van der Waals surface area contributed by atoms with Crippen molar-refractivity contribution in [1.82, 2.24) is 4.98 Å². The van der Waals surface area contributed by atoms with Crippen LogP contribution < -0.4 is 10.2 Å². The molecule has 0 saturated carbocycles. The number of anilines is 2. The van der Waals surface area contributed by atoms with Crippen molar-refractivity contribution in [3.63, 3.8) is 0 Å². The molecule has 1 aliphatic rings. The molecule has 4 nitrogen and oxygen atoms in total. The number of pyridine rings is 1. The molecule has 3 aromatic carbocycles. The van der Waals surface area contributed by atoms with Crippen molar-refractivity contribution in [2.45, 2.75) is 26.3 Å². The van der Waals surface area contributed by atoms with Gasteiger partial charge in [-0.2, -0.15) is 5.26 Å². The SMILES string of the molecule is C=CC1CCN(c2c(C#N)c(NCc3ccc(Cl)cc3)nc3ccccc23)CC1.Cc1ccc(Cl)cc1. The molecule has 5 rings (SSSR count). The average Bonchev–Trinajstić information content (AvgIpc) is 2.94. The van der Waals surface area contributed by atoms with E-state index in [-0.39, 0.29) is 0 Å². The number of benzene rings is 3. The molecule has 1 N–H and O–H groups in total. The predicted octanol–water partition coefficient (Wildman–Crippen LogP) is 8.42. The monoisotopic (exact) mass is 528 g/mol. The maximum absolute atomic E-state index is 10.0. The summed E-state index contributed by atoms with van der Waals surface area (Å²) in [4.78, 5) is 7.09. The maximum Gasteiger partial charge on any atom is 0.147 e. The zero-order valence-corrected chi connectivity index (χ0v) is 22.4. The van der Waals surface area contributed by atoms with Gasteiger partial charge in [-0.25, -0.2) is 4.98 Å². The molecular weight excluding hydrogens is 499 g/mol. The van der Waals surface area contributed by atoms with Gasteiger partial charge in [-0.05, 0) is 61.6 Å². The summed E-state index contributed by atoms with van der Waals surface area (Å²) in [5, 5.41) is 15.9. The number of aromatic nitrogens is 1. The first kappa shape index (κ1) is 26.5. The van der Waals surface area contributed by atoms with Gasteiger partial charge in [0.15, 0.2) is 0 Å². The third kappa shape index (κ3) is 6.83. The minimum Gasteiger partial charge on any atom is -0.370 e. The Labute approximate surface area is 229 Å². The summed E-state index contributed by atoms with van der Waals surface area (Å²) < 4.78 is 0. The number of nitrogens with zero attached hydrogens (tertiary/aromatic N) is 3. The molecule has 0 amide bonds. The van der Waals surface area contributed by atoms with E-state index in [1.807, 2.05) is 79.7 Å². The van der Waals surface area contributed by atoms with Crippen molar-refractivity contribution in [3.05, 3.63) is 112 Å². The summed E-state index contributed by atoms with van der Waals surface area (Å²) in [5.41, 5.74) is 4.82. The van der Waals surface area contributed by atoms with E-state index in [4.69, 9.17) is 28.2 Å². The first-order chi connectivity index (χ1) is 18.0. The molecule has 1 aromatic heterocycles. The highest BCUT2D eigenvalue weighted by molar-refractivity contribution is 6.30. The minimum absolute atomic E-state index is 0.549. The zero-order valence-electron chi connectivity index (χ0n) is 20.9. The van der Waals surface area contributed by atoms with Gasteiger partial charge in [0.2, 0.25) is 0 Å². The molecular formula is C31H30Cl2N4. The summed E-state index contributed by atoms with van der Waals surface area (Å²) in [7, 11) is 0. The predicted molar refractivity (Wildman–Crippen MR) is 157 cm³/mol. The first-order valence-corrected chi connectivity index (χ1v) is 13.1. The van der Waals surface area contributed by atoms with E-state index in [9.17, 15) is 5.26 Å². The lowest BCUT2D eigenvalue weighted by molar-refractivity contribution is 0.480. The van der Waals surface area contributed by atoms with Gasteiger partial charge >= 0.3 is 0 Å². The van der Waals surface area contributed by atoms with Crippen molar-refractivity contribution in [3.8, 4) is 6.07 Å². The van der Waals surface area contributed by atoms with E-state index in [0.29, 0.717) is 28.9 Å². The Bertz CT molecular complexity index is 1360. The van der Waals surface area contributed by atoms with Crippen LogP contribution in [0, 0.1) is 24.2 Å². The Morgan fingerprint density at radius 1 is 1.00 bits per heavy atom. The summed E-state index contributed by atoms with van der Waals surface area (Å²) >= 11 is 11.6. The fourth-order valence-corrected chi connectivity index (χ4v) is 4.69. The molecule has 0 radical (unpaired) electrons. The summed E-state index contributed by atoms with van der Waals surface area (Å²) in [6, 6.07) is 25.9. The molecule has 0 atom stereocenters. The normalized spacial score (nSPS) is 13.4. The number of hydrogen-bond donors (Lipinski definition) is 1. The molecule has 1 fully saturated rings. The Balaban J connectivity index is 0.000000342. The number of fused-ring (bicyclic) bond motifs is 1. The van der Waals surface area contributed by atoms with Crippen LogP contribution in [0.4, 0.5) is 11.5 Å². The third-order valence-corrected chi connectivity index (χ3v) is 7.05. The fourth-order valence-electron chi connectivity index (χ4n) is 4.44. The second-order valence-electron chi connectivity index (χ2n) is 9.15. The standard InChI is InChI=1S/C24H23ClN4.C7H7Cl/c1-2-17-11-13-29(14-12-17)23-20-5-3-4-6-22(20)28-24(21(23)15-26)27-16-18-7-9-19(25)10-8-18;1-6-2-4-7(8)5-3-6/h2-10,17H,1,11-14,16H2,(H,27,28);2-5H,1H3. The largest absolute Gasteiger partial charge is 0.370 e. The molecule has 188 valence electrons. The average molecular weight is 530 g/mol. The lowest BCUT2D eigenvalue weighted by Crippen LogP contribution is -2.34. The molecule has 6 heteroatoms. The highest BCUT2D eigenvalue weighted by atomic mass is 35.5. The highest BCUT2D eigenvalue weighted by Crippen LogP contribution is 2.36. The molecule has 4 aromatic rings. The molecule has 0 spiro atoms. The fraction of sp³-hybridized carbons (Fsp3) is 0.226. The van der Waals surface area contributed by atoms with Crippen molar-refractivity contribution in [2.75, 3.05) is 23.3 Å². The second kappa shape index (κ2) is 12.6. The molecule has 0 aliphatic carbocycles. The van der Waals surface area contributed by atoms with Crippen LogP contribution in [0.15, 0.2) is 85.5 Å². The van der Waals surface area contributed by atoms with Crippen LogP contribution in [-0.2, 0) is 6.54 Å². The van der Waals surface area contributed by atoms with Crippen LogP contribution in [0.2, 0.25) is 10.0 Å². The molecule has 0 bridgehead atoms. The van der Waals surface area contributed by atoms with Gasteiger partial charge in [-0.15, -0.1) is 6.58 Å². The number of nitrogens with one attached hydrogen (secondary N) is 1. The molecule has 2 heterocycles. The second-order valence-corrected chi connectivity index (χ2v) is 10.0. The number of para-hydroxylation sites is 1. The lowest BCUT2D eigenvalue weighted by Gasteiger charge is -2.34. The zero-order chi connectivity index (χ0) is 26.2. The molecule has 1 saturated heterocycles. The van der Waals surface area contributed by atoms with E-state index >= 15 is 0 Å².